The highest BCUT2D eigenvalue weighted by atomic mass is 16.5. The summed E-state index contributed by atoms with van der Waals surface area (Å²) in [4.78, 5) is 30.3. The van der Waals surface area contributed by atoms with Gasteiger partial charge in [0.1, 0.15) is 0 Å². The third-order valence-electron chi connectivity index (χ3n) is 5.64. The lowest BCUT2D eigenvalue weighted by Gasteiger charge is -2.32. The summed E-state index contributed by atoms with van der Waals surface area (Å²) in [5.74, 6) is -0.176. The van der Waals surface area contributed by atoms with E-state index in [1.54, 1.807) is 12.0 Å². The van der Waals surface area contributed by atoms with E-state index in [0.29, 0.717) is 26.1 Å². The van der Waals surface area contributed by atoms with Crippen molar-refractivity contribution in [3.05, 3.63) is 54.6 Å². The van der Waals surface area contributed by atoms with E-state index in [2.05, 4.69) is 22.4 Å². The zero-order valence-corrected chi connectivity index (χ0v) is 17.2. The van der Waals surface area contributed by atoms with Crippen LogP contribution in [0.3, 0.4) is 0 Å². The van der Waals surface area contributed by atoms with Crippen LogP contribution in [0, 0.1) is 5.92 Å². The second-order valence-electron chi connectivity index (χ2n) is 7.76. The first-order valence-electron chi connectivity index (χ1n) is 10.4. The number of carbonyl (C=O) groups excluding carboxylic acids is 2. The van der Waals surface area contributed by atoms with Gasteiger partial charge in [-0.25, -0.2) is 0 Å². The number of H-pyrrole nitrogens is 1. The minimum Gasteiger partial charge on any atom is -0.384 e. The topological polar surface area (TPSA) is 74.4 Å². The summed E-state index contributed by atoms with van der Waals surface area (Å²) in [5, 5.41) is 4.20. The zero-order valence-electron chi connectivity index (χ0n) is 17.2. The van der Waals surface area contributed by atoms with Crippen molar-refractivity contribution in [2.24, 2.45) is 5.92 Å². The molecule has 1 atom stereocenters. The summed E-state index contributed by atoms with van der Waals surface area (Å²) in [6.07, 6.45) is 1.99. The highest BCUT2D eigenvalue weighted by Gasteiger charge is 2.28. The molecule has 2 amide bonds. The van der Waals surface area contributed by atoms with E-state index in [-0.39, 0.29) is 17.7 Å². The average Bonchev–Trinajstić information content (AvgIpc) is 3.22. The quantitative estimate of drug-likeness (QED) is 0.650. The molecular formula is C24H27N3O3. The van der Waals surface area contributed by atoms with Gasteiger partial charge in [0.05, 0.1) is 18.9 Å². The Balaban J connectivity index is 1.43. The van der Waals surface area contributed by atoms with Crippen molar-refractivity contribution < 1.29 is 14.3 Å². The first-order valence-corrected chi connectivity index (χ1v) is 10.4. The molecule has 0 spiro atoms. The molecule has 0 bridgehead atoms. The molecule has 2 aromatic carbocycles. The number of ether oxygens (including phenoxy) is 1. The summed E-state index contributed by atoms with van der Waals surface area (Å²) in [5.41, 5.74) is 3.88. The van der Waals surface area contributed by atoms with Gasteiger partial charge >= 0.3 is 0 Å². The third-order valence-corrected chi connectivity index (χ3v) is 5.64. The maximum Gasteiger partial charge on any atom is 0.229 e. The van der Waals surface area contributed by atoms with Crippen LogP contribution < -0.4 is 5.32 Å². The molecule has 156 valence electrons. The Kier molecular flexibility index (Phi) is 6.14. The van der Waals surface area contributed by atoms with Crippen molar-refractivity contribution in [2.45, 2.75) is 19.3 Å². The number of amides is 2. The lowest BCUT2D eigenvalue weighted by molar-refractivity contribution is -0.135. The molecule has 1 aliphatic rings. The standard InChI is InChI=1S/C24H27N3O3/c1-30-13-11-23(28)27-12-5-8-19(16-27)24(29)25-20-9-4-7-17(14-20)22-15-18-6-2-3-10-21(18)26-22/h2-4,6-7,9-10,14-15,19,26H,5,8,11-13,16H2,1H3,(H,25,29)/t19-/m1/s1. The van der Waals surface area contributed by atoms with Gasteiger partial charge in [0.15, 0.2) is 0 Å². The van der Waals surface area contributed by atoms with Crippen molar-refractivity contribution in [2.75, 3.05) is 32.1 Å². The summed E-state index contributed by atoms with van der Waals surface area (Å²) in [7, 11) is 1.59. The molecule has 0 unspecified atom stereocenters. The number of rotatable bonds is 6. The average molecular weight is 405 g/mol. The smallest absolute Gasteiger partial charge is 0.229 e. The maximum absolute atomic E-state index is 12.9. The Labute approximate surface area is 176 Å². The number of methoxy groups -OCH3 is 1. The first-order chi connectivity index (χ1) is 14.6. The van der Waals surface area contributed by atoms with Gasteiger partial charge in [-0.15, -0.1) is 0 Å². The van der Waals surface area contributed by atoms with Gasteiger partial charge in [-0.3, -0.25) is 9.59 Å². The number of aromatic nitrogens is 1. The van der Waals surface area contributed by atoms with E-state index in [1.807, 2.05) is 42.5 Å². The van der Waals surface area contributed by atoms with Crippen molar-refractivity contribution >= 4 is 28.4 Å². The van der Waals surface area contributed by atoms with Crippen LogP contribution in [0.15, 0.2) is 54.6 Å². The number of para-hydroxylation sites is 1. The molecule has 1 saturated heterocycles. The molecule has 30 heavy (non-hydrogen) atoms. The van der Waals surface area contributed by atoms with Gasteiger partial charge in [0, 0.05) is 48.0 Å². The number of hydrogen-bond acceptors (Lipinski definition) is 3. The molecule has 1 fully saturated rings. The van der Waals surface area contributed by atoms with Crippen LogP contribution in [0.2, 0.25) is 0 Å². The number of nitrogens with zero attached hydrogens (tertiary/aromatic N) is 1. The number of nitrogens with one attached hydrogen (secondary N) is 2. The number of likely N-dealkylation sites (tertiary alicyclic amines) is 1. The monoisotopic (exact) mass is 405 g/mol. The lowest BCUT2D eigenvalue weighted by atomic mass is 9.96. The largest absolute Gasteiger partial charge is 0.384 e. The van der Waals surface area contributed by atoms with Gasteiger partial charge in [-0.1, -0.05) is 30.3 Å². The maximum atomic E-state index is 12.9. The number of carbonyl (C=O) groups is 2. The van der Waals surface area contributed by atoms with Crippen LogP contribution >= 0.6 is 0 Å². The van der Waals surface area contributed by atoms with Gasteiger partial charge in [-0.05, 0) is 37.1 Å². The zero-order chi connectivity index (χ0) is 20.9. The molecule has 1 aliphatic heterocycles. The van der Waals surface area contributed by atoms with E-state index in [4.69, 9.17) is 4.74 Å². The predicted octanol–water partition coefficient (Wildman–Crippen LogP) is 4.05. The minimum absolute atomic E-state index is 0.0342. The van der Waals surface area contributed by atoms with Crippen LogP contribution in [0.25, 0.3) is 22.2 Å². The molecule has 6 heteroatoms. The van der Waals surface area contributed by atoms with Gasteiger partial charge in [0.2, 0.25) is 11.8 Å². The Morgan fingerprint density at radius 3 is 2.87 bits per heavy atom. The van der Waals surface area contributed by atoms with Crippen LogP contribution in [0.1, 0.15) is 19.3 Å². The normalized spacial score (nSPS) is 16.6. The molecule has 0 saturated carbocycles. The van der Waals surface area contributed by atoms with E-state index in [1.165, 1.54) is 0 Å². The second kappa shape index (κ2) is 9.13. The number of fused-ring (bicyclic) bond motifs is 1. The fourth-order valence-electron chi connectivity index (χ4n) is 4.00. The molecule has 2 heterocycles. The molecular weight excluding hydrogens is 378 g/mol. The van der Waals surface area contributed by atoms with Crippen LogP contribution in [-0.2, 0) is 14.3 Å². The molecule has 0 aliphatic carbocycles. The minimum atomic E-state index is -0.193. The molecule has 6 nitrogen and oxygen atoms in total. The Morgan fingerprint density at radius 1 is 1.17 bits per heavy atom. The van der Waals surface area contributed by atoms with Crippen molar-refractivity contribution in [1.82, 2.24) is 9.88 Å². The van der Waals surface area contributed by atoms with Crippen LogP contribution in [0.4, 0.5) is 5.69 Å². The Morgan fingerprint density at radius 2 is 2.03 bits per heavy atom. The lowest BCUT2D eigenvalue weighted by Crippen LogP contribution is -2.44. The van der Waals surface area contributed by atoms with Gasteiger partial charge in [-0.2, -0.15) is 0 Å². The highest BCUT2D eigenvalue weighted by Crippen LogP contribution is 2.27. The number of hydrogen-bond donors (Lipinski definition) is 2. The third kappa shape index (κ3) is 4.54. The van der Waals surface area contributed by atoms with Crippen LogP contribution in [0.5, 0.6) is 0 Å². The first kappa shape index (κ1) is 20.2. The van der Waals surface area contributed by atoms with Crippen LogP contribution in [-0.4, -0.2) is 48.5 Å². The van der Waals surface area contributed by atoms with Crippen molar-refractivity contribution in [3.8, 4) is 11.3 Å². The molecule has 4 rings (SSSR count). The van der Waals surface area contributed by atoms with Crippen molar-refractivity contribution in [1.29, 1.82) is 0 Å². The van der Waals surface area contributed by atoms with Crippen molar-refractivity contribution in [3.63, 3.8) is 0 Å². The van der Waals surface area contributed by atoms with E-state index >= 15 is 0 Å². The fraction of sp³-hybridized carbons (Fsp3) is 0.333. The SMILES string of the molecule is COCCC(=O)N1CCC[C@@H](C(=O)Nc2cccc(-c3cc4ccccc4[nH]3)c2)C1. The van der Waals surface area contributed by atoms with Gasteiger partial charge < -0.3 is 19.9 Å². The molecule has 0 radical (unpaired) electrons. The Bertz CT molecular complexity index is 1010. The van der Waals surface area contributed by atoms with E-state index in [0.717, 1.165) is 40.7 Å². The summed E-state index contributed by atoms with van der Waals surface area (Å²) in [6, 6.07) is 18.1. The number of aromatic amines is 1. The molecule has 2 N–H and O–H groups in total. The number of benzene rings is 2. The molecule has 1 aromatic heterocycles. The number of piperidine rings is 1. The second-order valence-corrected chi connectivity index (χ2v) is 7.76. The molecule has 3 aromatic rings. The predicted molar refractivity (Wildman–Crippen MR) is 118 cm³/mol. The summed E-state index contributed by atoms with van der Waals surface area (Å²) < 4.78 is 4.99. The summed E-state index contributed by atoms with van der Waals surface area (Å²) in [6.45, 7) is 1.59. The van der Waals surface area contributed by atoms with E-state index in [9.17, 15) is 9.59 Å². The van der Waals surface area contributed by atoms with Gasteiger partial charge in [0.25, 0.3) is 0 Å². The highest BCUT2D eigenvalue weighted by molar-refractivity contribution is 5.94. The van der Waals surface area contributed by atoms with E-state index < -0.39 is 0 Å². The fourth-order valence-corrected chi connectivity index (χ4v) is 4.00. The Hall–Kier alpha value is -3.12. The summed E-state index contributed by atoms with van der Waals surface area (Å²) >= 11 is 0. The number of anilines is 1.